The van der Waals surface area contributed by atoms with E-state index in [4.69, 9.17) is 9.84 Å². The number of ether oxygens (including phenoxy) is 1. The molecule has 172 valence electrons. The predicted molar refractivity (Wildman–Crippen MR) is 136 cm³/mol. The van der Waals surface area contributed by atoms with Gasteiger partial charge in [-0.25, -0.2) is 14.4 Å². The fourth-order valence-corrected chi connectivity index (χ4v) is 3.70. The Hall–Kier alpha value is -4.77. The lowest BCUT2D eigenvalue weighted by molar-refractivity contribution is 0.0400. The van der Waals surface area contributed by atoms with Gasteiger partial charge in [-0.2, -0.15) is 0 Å². The summed E-state index contributed by atoms with van der Waals surface area (Å²) >= 11 is 0. The fourth-order valence-electron chi connectivity index (χ4n) is 3.70. The molecular formula is C30H22O5. The van der Waals surface area contributed by atoms with E-state index in [-0.39, 0.29) is 0 Å². The van der Waals surface area contributed by atoms with E-state index in [1.165, 1.54) is 0 Å². The number of rotatable bonds is 3. The largest absolute Gasteiger partial charge is 0.478 e. The van der Waals surface area contributed by atoms with Gasteiger partial charge in [0.15, 0.2) is 0 Å². The molecule has 0 fully saturated rings. The minimum absolute atomic E-state index is 0.339. The second kappa shape index (κ2) is 10.4. The van der Waals surface area contributed by atoms with Crippen LogP contribution in [0.4, 0.5) is 0 Å². The summed E-state index contributed by atoms with van der Waals surface area (Å²) in [5, 5.41) is 11.9. The molecule has 5 heteroatoms. The molecule has 35 heavy (non-hydrogen) atoms. The number of carbonyl (C=O) groups excluding carboxylic acids is 2. The number of hydrogen-bond acceptors (Lipinski definition) is 4. The molecule has 0 amide bonds. The summed E-state index contributed by atoms with van der Waals surface area (Å²) in [4.78, 5) is 35.4. The molecule has 5 aromatic carbocycles. The van der Waals surface area contributed by atoms with Gasteiger partial charge >= 0.3 is 17.9 Å². The Bertz CT molecular complexity index is 1430. The van der Waals surface area contributed by atoms with Crippen molar-refractivity contribution >= 4 is 39.5 Å². The van der Waals surface area contributed by atoms with Gasteiger partial charge in [0.05, 0.1) is 16.7 Å². The summed E-state index contributed by atoms with van der Waals surface area (Å²) in [6.45, 7) is 1.92. The SMILES string of the molecule is Cc1ccc(C(=O)O)cc1.O=C(OC(=O)c1cccc2ccccc12)c1cccc2ccccc12. The topological polar surface area (TPSA) is 80.7 Å². The van der Waals surface area contributed by atoms with Crippen molar-refractivity contribution in [3.63, 3.8) is 0 Å². The van der Waals surface area contributed by atoms with Gasteiger partial charge in [0.1, 0.15) is 0 Å². The molecule has 0 radical (unpaired) electrons. The zero-order chi connectivity index (χ0) is 24.8. The Morgan fingerprint density at radius 2 is 1.00 bits per heavy atom. The fraction of sp³-hybridized carbons (Fsp3) is 0.0333. The lowest BCUT2D eigenvalue weighted by Crippen LogP contribution is -2.13. The minimum Gasteiger partial charge on any atom is -0.478 e. The maximum atomic E-state index is 12.5. The van der Waals surface area contributed by atoms with E-state index in [1.807, 2.05) is 67.6 Å². The van der Waals surface area contributed by atoms with Crippen molar-refractivity contribution in [1.82, 2.24) is 0 Å². The van der Waals surface area contributed by atoms with Gasteiger partial charge in [-0.3, -0.25) is 0 Å². The zero-order valence-corrected chi connectivity index (χ0v) is 19.0. The van der Waals surface area contributed by atoms with Crippen molar-refractivity contribution in [2.75, 3.05) is 0 Å². The molecule has 0 aliphatic rings. The van der Waals surface area contributed by atoms with Crippen LogP contribution in [-0.2, 0) is 4.74 Å². The van der Waals surface area contributed by atoms with Crippen LogP contribution >= 0.6 is 0 Å². The van der Waals surface area contributed by atoms with Crippen LogP contribution in [0.5, 0.6) is 0 Å². The molecule has 0 saturated carbocycles. The molecule has 0 saturated heterocycles. The van der Waals surface area contributed by atoms with Gasteiger partial charge in [0.25, 0.3) is 0 Å². The van der Waals surface area contributed by atoms with Crippen molar-refractivity contribution in [3.8, 4) is 0 Å². The second-order valence-corrected chi connectivity index (χ2v) is 7.90. The van der Waals surface area contributed by atoms with E-state index in [0.717, 1.165) is 27.1 Å². The van der Waals surface area contributed by atoms with Crippen LogP contribution in [-0.4, -0.2) is 23.0 Å². The maximum absolute atomic E-state index is 12.5. The molecule has 0 bridgehead atoms. The van der Waals surface area contributed by atoms with Crippen molar-refractivity contribution in [2.24, 2.45) is 0 Å². The first kappa shape index (κ1) is 23.4. The van der Waals surface area contributed by atoms with Gasteiger partial charge in [0.2, 0.25) is 0 Å². The molecule has 0 aliphatic heterocycles. The molecule has 0 atom stereocenters. The molecule has 5 aromatic rings. The first-order valence-corrected chi connectivity index (χ1v) is 11.0. The summed E-state index contributed by atoms with van der Waals surface area (Å²) in [7, 11) is 0. The maximum Gasteiger partial charge on any atom is 0.346 e. The van der Waals surface area contributed by atoms with Crippen molar-refractivity contribution in [1.29, 1.82) is 0 Å². The third-order valence-corrected chi connectivity index (χ3v) is 5.50. The molecule has 0 aliphatic carbocycles. The summed E-state index contributed by atoms with van der Waals surface area (Å²) in [5.74, 6) is -2.16. The van der Waals surface area contributed by atoms with E-state index in [1.54, 1.807) is 48.5 Å². The van der Waals surface area contributed by atoms with Crippen LogP contribution in [0.25, 0.3) is 21.5 Å². The number of hydrogen-bond donors (Lipinski definition) is 1. The van der Waals surface area contributed by atoms with Gasteiger partial charge in [-0.1, -0.05) is 90.5 Å². The third kappa shape index (κ3) is 5.42. The smallest absolute Gasteiger partial charge is 0.346 e. The van der Waals surface area contributed by atoms with E-state index < -0.39 is 17.9 Å². The number of aromatic carboxylic acids is 1. The Balaban J connectivity index is 0.000000243. The molecule has 1 N–H and O–H groups in total. The van der Waals surface area contributed by atoms with E-state index in [0.29, 0.717) is 16.7 Å². The van der Waals surface area contributed by atoms with Crippen molar-refractivity contribution in [2.45, 2.75) is 6.92 Å². The normalized spacial score (nSPS) is 10.3. The standard InChI is InChI=1S/C22H14O3.C8H8O2/c23-21(19-13-5-9-15-7-1-3-11-17(15)19)25-22(24)20-14-6-10-16-8-2-4-12-18(16)20;1-6-2-4-7(5-3-6)8(9)10/h1-14H;2-5H,1H3,(H,9,10). The molecular weight excluding hydrogens is 440 g/mol. The Labute approximate surface area is 202 Å². The molecule has 0 heterocycles. The van der Waals surface area contributed by atoms with Crippen LogP contribution in [0, 0.1) is 6.92 Å². The number of fused-ring (bicyclic) bond motifs is 2. The van der Waals surface area contributed by atoms with Gasteiger partial charge < -0.3 is 9.84 Å². The van der Waals surface area contributed by atoms with Crippen molar-refractivity contribution < 1.29 is 24.2 Å². The van der Waals surface area contributed by atoms with Crippen LogP contribution in [0.3, 0.4) is 0 Å². The Kier molecular flexibility index (Phi) is 6.98. The van der Waals surface area contributed by atoms with Gasteiger partial charge in [-0.05, 0) is 52.7 Å². The van der Waals surface area contributed by atoms with E-state index >= 15 is 0 Å². The minimum atomic E-state index is -0.875. The Morgan fingerprint density at radius 3 is 1.46 bits per heavy atom. The number of carboxylic acids is 1. The van der Waals surface area contributed by atoms with Gasteiger partial charge in [0, 0.05) is 0 Å². The highest BCUT2D eigenvalue weighted by Gasteiger charge is 2.18. The van der Waals surface area contributed by atoms with Crippen LogP contribution in [0.1, 0.15) is 36.6 Å². The molecule has 0 aromatic heterocycles. The number of benzene rings is 5. The Morgan fingerprint density at radius 1 is 0.571 bits per heavy atom. The lowest BCUT2D eigenvalue weighted by atomic mass is 10.0. The number of esters is 2. The van der Waals surface area contributed by atoms with Crippen molar-refractivity contribution in [3.05, 3.63) is 131 Å². The quantitative estimate of drug-likeness (QED) is 0.239. The van der Waals surface area contributed by atoms with Crippen LogP contribution in [0.2, 0.25) is 0 Å². The number of carboxylic acid groups (broad SMARTS) is 1. The lowest BCUT2D eigenvalue weighted by Gasteiger charge is -2.08. The van der Waals surface area contributed by atoms with Crippen LogP contribution < -0.4 is 0 Å². The average molecular weight is 463 g/mol. The van der Waals surface area contributed by atoms with Gasteiger partial charge in [-0.15, -0.1) is 0 Å². The first-order valence-electron chi connectivity index (χ1n) is 11.0. The predicted octanol–water partition coefficient (Wildman–Crippen LogP) is 6.68. The number of aryl methyl sites for hydroxylation is 1. The summed E-state index contributed by atoms with van der Waals surface area (Å²) in [5.41, 5.74) is 2.17. The highest BCUT2D eigenvalue weighted by Crippen LogP contribution is 2.22. The molecule has 5 rings (SSSR count). The molecule has 0 unspecified atom stereocenters. The van der Waals surface area contributed by atoms with Crippen LogP contribution in [0.15, 0.2) is 109 Å². The van der Waals surface area contributed by atoms with E-state index in [2.05, 4.69) is 0 Å². The summed E-state index contributed by atoms with van der Waals surface area (Å²) < 4.78 is 5.16. The number of carbonyl (C=O) groups is 3. The highest BCUT2D eigenvalue weighted by atomic mass is 16.6. The summed E-state index contributed by atoms with van der Waals surface area (Å²) in [6.07, 6.45) is 0. The summed E-state index contributed by atoms with van der Waals surface area (Å²) in [6, 6.07) is 32.5. The highest BCUT2D eigenvalue weighted by molar-refractivity contribution is 6.12. The third-order valence-electron chi connectivity index (χ3n) is 5.50. The second-order valence-electron chi connectivity index (χ2n) is 7.90. The average Bonchev–Trinajstić information content (AvgIpc) is 2.88. The molecule has 5 nitrogen and oxygen atoms in total. The first-order chi connectivity index (χ1) is 16.9. The molecule has 0 spiro atoms. The zero-order valence-electron chi connectivity index (χ0n) is 19.0. The monoisotopic (exact) mass is 462 g/mol. The van der Waals surface area contributed by atoms with E-state index in [9.17, 15) is 14.4 Å².